The molecule has 0 bridgehead atoms. The van der Waals surface area contributed by atoms with Gasteiger partial charge in [-0.3, -0.25) is 0 Å². The number of rotatable bonds is 2. The topological polar surface area (TPSA) is 23.1 Å². The summed E-state index contributed by atoms with van der Waals surface area (Å²) >= 11 is 0. The van der Waals surface area contributed by atoms with Gasteiger partial charge in [-0.1, -0.05) is 30.3 Å². The van der Waals surface area contributed by atoms with Gasteiger partial charge in [0.2, 0.25) is 0 Å². The summed E-state index contributed by atoms with van der Waals surface area (Å²) in [4.78, 5) is 0. The van der Waals surface area contributed by atoms with E-state index in [9.17, 15) is 5.11 Å². The van der Waals surface area contributed by atoms with Crippen LogP contribution >= 0.6 is 0 Å². The molecule has 1 nitrogen and oxygen atoms in total. The average Bonchev–Trinajstić information content (AvgIpc) is 1.95. The van der Waals surface area contributed by atoms with Crippen LogP contribution in [0.2, 0.25) is 0 Å². The molecular formula is C9H9LiO. The first-order chi connectivity index (χ1) is 4.83. The number of benzene rings is 1. The maximum Gasteiger partial charge on any atom is 1.00 e. The fourth-order valence-corrected chi connectivity index (χ4v) is 0.792. The zero-order valence-electron chi connectivity index (χ0n) is 6.71. The minimum Gasteiger partial charge on any atom is -0.872 e. The minimum atomic E-state index is 0. The van der Waals surface area contributed by atoms with Gasteiger partial charge in [0, 0.05) is 0 Å². The molecular weight excluding hydrogens is 131 g/mol. The first-order valence-corrected chi connectivity index (χ1v) is 3.20. The molecule has 0 saturated carbocycles. The smallest absolute Gasteiger partial charge is 0.872 e. The maximum absolute atomic E-state index is 10.6. The van der Waals surface area contributed by atoms with E-state index in [1.807, 2.05) is 18.2 Å². The summed E-state index contributed by atoms with van der Waals surface area (Å²) in [6, 6.07) is 6.78. The van der Waals surface area contributed by atoms with E-state index in [-0.39, 0.29) is 24.6 Å². The molecule has 0 radical (unpaired) electrons. The Balaban J connectivity index is 0.000001000. The predicted molar refractivity (Wildman–Crippen MR) is 39.8 cm³/mol. The van der Waals surface area contributed by atoms with Crippen LogP contribution < -0.4 is 24.0 Å². The molecule has 0 aliphatic carbocycles. The summed E-state index contributed by atoms with van der Waals surface area (Å²) in [5.74, 6) is 0.0628. The molecule has 0 fully saturated rings. The Labute approximate surface area is 78.9 Å². The zero-order chi connectivity index (χ0) is 7.40. The molecule has 0 N–H and O–H groups in total. The van der Waals surface area contributed by atoms with Gasteiger partial charge in [-0.05, 0) is 12.0 Å². The Morgan fingerprint density at radius 2 is 1.82 bits per heavy atom. The van der Waals surface area contributed by atoms with Crippen LogP contribution in [-0.4, -0.2) is 0 Å². The molecule has 0 aromatic heterocycles. The van der Waals surface area contributed by atoms with E-state index in [4.69, 9.17) is 0 Å². The Bertz CT molecular complexity index is 216. The minimum absolute atomic E-state index is 0. The normalized spacial score (nSPS) is 8.36. The molecule has 0 unspecified atom stereocenters. The van der Waals surface area contributed by atoms with E-state index in [0.717, 1.165) is 12.0 Å². The second-order valence-electron chi connectivity index (χ2n) is 2.14. The largest absolute Gasteiger partial charge is 1.00 e. The van der Waals surface area contributed by atoms with E-state index < -0.39 is 0 Å². The Morgan fingerprint density at radius 1 is 1.27 bits per heavy atom. The summed E-state index contributed by atoms with van der Waals surface area (Å²) in [7, 11) is 0. The molecule has 1 aromatic carbocycles. The molecule has 0 aliphatic heterocycles. The SMILES string of the molecule is C=CCc1ccc([O-])cc1.[Li+]. The first-order valence-electron chi connectivity index (χ1n) is 3.20. The van der Waals surface area contributed by atoms with Crippen LogP contribution in [0.1, 0.15) is 5.56 Å². The van der Waals surface area contributed by atoms with Crippen LogP contribution in [0, 0.1) is 0 Å². The van der Waals surface area contributed by atoms with Gasteiger partial charge in [0.25, 0.3) is 0 Å². The second-order valence-corrected chi connectivity index (χ2v) is 2.14. The van der Waals surface area contributed by atoms with E-state index >= 15 is 0 Å². The van der Waals surface area contributed by atoms with Crippen molar-refractivity contribution in [2.45, 2.75) is 6.42 Å². The van der Waals surface area contributed by atoms with Gasteiger partial charge in [0.1, 0.15) is 0 Å². The molecule has 0 amide bonds. The van der Waals surface area contributed by atoms with Crippen LogP contribution in [0.15, 0.2) is 36.9 Å². The Morgan fingerprint density at radius 3 is 2.27 bits per heavy atom. The van der Waals surface area contributed by atoms with Crippen LogP contribution in [0.5, 0.6) is 5.75 Å². The van der Waals surface area contributed by atoms with Crippen LogP contribution in [0.25, 0.3) is 0 Å². The van der Waals surface area contributed by atoms with Crippen LogP contribution in [0.3, 0.4) is 0 Å². The third kappa shape index (κ3) is 3.32. The van der Waals surface area contributed by atoms with Gasteiger partial charge in [0.15, 0.2) is 0 Å². The average molecular weight is 140 g/mol. The monoisotopic (exact) mass is 140 g/mol. The second kappa shape index (κ2) is 5.07. The molecule has 52 valence electrons. The third-order valence-electron chi connectivity index (χ3n) is 1.30. The summed E-state index contributed by atoms with van der Waals surface area (Å²) in [5.41, 5.74) is 1.13. The summed E-state index contributed by atoms with van der Waals surface area (Å²) in [6.45, 7) is 3.60. The summed E-state index contributed by atoms with van der Waals surface area (Å²) in [6.07, 6.45) is 2.65. The fourth-order valence-electron chi connectivity index (χ4n) is 0.792. The van der Waals surface area contributed by atoms with E-state index in [0.29, 0.717) is 0 Å². The third-order valence-corrected chi connectivity index (χ3v) is 1.30. The van der Waals surface area contributed by atoms with Gasteiger partial charge in [0.05, 0.1) is 0 Å². The number of allylic oxidation sites excluding steroid dienone is 1. The van der Waals surface area contributed by atoms with E-state index in [1.54, 1.807) is 12.1 Å². The van der Waals surface area contributed by atoms with Crippen molar-refractivity contribution in [2.24, 2.45) is 0 Å². The van der Waals surface area contributed by atoms with Crippen molar-refractivity contribution < 1.29 is 24.0 Å². The molecule has 11 heavy (non-hydrogen) atoms. The van der Waals surface area contributed by atoms with Crippen LogP contribution in [0.4, 0.5) is 0 Å². The predicted octanol–water partition coefficient (Wildman–Crippen LogP) is -1.51. The fraction of sp³-hybridized carbons (Fsp3) is 0.111. The molecule has 0 aliphatic rings. The quantitative estimate of drug-likeness (QED) is 0.362. The molecule has 0 saturated heterocycles. The first kappa shape index (κ1) is 10.4. The standard InChI is InChI=1S/C9H10O.Li/c1-2-3-8-4-6-9(10)7-5-8;/h2,4-7,10H,1,3H2;/q;+1/p-1. The summed E-state index contributed by atoms with van der Waals surface area (Å²) < 4.78 is 0. The van der Waals surface area contributed by atoms with Crippen molar-refractivity contribution in [2.75, 3.05) is 0 Å². The van der Waals surface area contributed by atoms with Gasteiger partial charge in [-0.25, -0.2) is 0 Å². The molecule has 1 aromatic rings. The van der Waals surface area contributed by atoms with Gasteiger partial charge in [-0.2, -0.15) is 0 Å². The van der Waals surface area contributed by atoms with Gasteiger partial charge < -0.3 is 5.11 Å². The van der Waals surface area contributed by atoms with Crippen molar-refractivity contribution >= 4 is 0 Å². The molecule has 2 heteroatoms. The van der Waals surface area contributed by atoms with Gasteiger partial charge in [-0.15, -0.1) is 12.3 Å². The van der Waals surface area contributed by atoms with E-state index in [1.165, 1.54) is 0 Å². The van der Waals surface area contributed by atoms with Crippen molar-refractivity contribution in [3.8, 4) is 5.75 Å². The Kier molecular flexibility index (Phi) is 4.77. The molecule has 0 spiro atoms. The zero-order valence-corrected chi connectivity index (χ0v) is 6.71. The van der Waals surface area contributed by atoms with Crippen molar-refractivity contribution in [3.63, 3.8) is 0 Å². The summed E-state index contributed by atoms with van der Waals surface area (Å²) in [5, 5.41) is 10.6. The van der Waals surface area contributed by atoms with E-state index in [2.05, 4.69) is 6.58 Å². The number of hydrogen-bond donors (Lipinski definition) is 0. The molecule has 1 rings (SSSR count). The van der Waals surface area contributed by atoms with Crippen molar-refractivity contribution in [1.29, 1.82) is 0 Å². The van der Waals surface area contributed by atoms with Crippen molar-refractivity contribution in [1.82, 2.24) is 0 Å². The Hall–Kier alpha value is -0.643. The molecule has 0 heterocycles. The number of hydrogen-bond acceptors (Lipinski definition) is 1. The maximum atomic E-state index is 10.6. The molecule has 0 atom stereocenters. The van der Waals surface area contributed by atoms with Crippen molar-refractivity contribution in [3.05, 3.63) is 42.5 Å². The van der Waals surface area contributed by atoms with Crippen LogP contribution in [-0.2, 0) is 6.42 Å². The van der Waals surface area contributed by atoms with Gasteiger partial charge >= 0.3 is 18.9 Å².